The van der Waals surface area contributed by atoms with Gasteiger partial charge in [0.15, 0.2) is 0 Å². The lowest BCUT2D eigenvalue weighted by atomic mass is 10.1. The van der Waals surface area contributed by atoms with E-state index in [1.165, 1.54) is 6.42 Å². The van der Waals surface area contributed by atoms with Gasteiger partial charge in [0.05, 0.1) is 6.54 Å². The Labute approximate surface area is 124 Å². The summed E-state index contributed by atoms with van der Waals surface area (Å²) in [7, 11) is 3.32. The summed E-state index contributed by atoms with van der Waals surface area (Å²) in [5.74, 6) is 0.493. The Morgan fingerprint density at radius 1 is 1.32 bits per heavy atom. The van der Waals surface area contributed by atoms with Crippen LogP contribution in [0.5, 0.6) is 0 Å². The molecular weight excluding hydrogens is 262 g/mol. The number of hydrogen-bond donors (Lipinski definition) is 3. The maximum absolute atomic E-state index is 11.2. The zero-order chi connectivity index (χ0) is 15.8. The number of likely N-dealkylation sites (N-methyl/N-ethyl adjacent to an activating group) is 1. The van der Waals surface area contributed by atoms with E-state index in [1.54, 1.807) is 18.4 Å². The molecule has 2 amide bonds. The van der Waals surface area contributed by atoms with Gasteiger partial charge in [-0.3, -0.25) is 9.59 Å². The van der Waals surface area contributed by atoms with Crippen LogP contribution in [-0.2, 0) is 9.59 Å². The number of amides is 2. The number of hydrogen-bond acceptors (Lipinski definition) is 4. The van der Waals surface area contributed by atoms with Crippen LogP contribution in [-0.4, -0.2) is 43.3 Å². The summed E-state index contributed by atoms with van der Waals surface area (Å²) in [5.41, 5.74) is 0. The van der Waals surface area contributed by atoms with Crippen molar-refractivity contribution < 1.29 is 9.59 Å². The highest BCUT2D eigenvalue weighted by molar-refractivity contribution is 7.77. The van der Waals surface area contributed by atoms with Crippen LogP contribution in [0, 0.1) is 5.92 Å². The van der Waals surface area contributed by atoms with Gasteiger partial charge in [0.1, 0.15) is 0 Å². The number of carbonyl (C=O) groups is 2. The lowest BCUT2D eigenvalue weighted by molar-refractivity contribution is -0.121. The molecule has 0 saturated heterocycles. The molecule has 0 aromatic heterocycles. The fraction of sp³-hybridized carbons (Fsp3) is 0.846. The van der Waals surface area contributed by atoms with Gasteiger partial charge in [0.25, 0.3) is 0 Å². The molecule has 0 aliphatic carbocycles. The normalized spacial score (nSPS) is 10.6. The summed E-state index contributed by atoms with van der Waals surface area (Å²) in [6.07, 6.45) is 1.88. The van der Waals surface area contributed by atoms with E-state index in [4.69, 9.17) is 4.79 Å². The fourth-order valence-electron chi connectivity index (χ4n) is 0.674. The summed E-state index contributed by atoms with van der Waals surface area (Å²) in [5, 5.41) is 5.13. The van der Waals surface area contributed by atoms with Crippen molar-refractivity contribution in [3.8, 4) is 0 Å². The zero-order valence-corrected chi connectivity index (χ0v) is 14.3. The first-order chi connectivity index (χ1) is 8.76. The Morgan fingerprint density at radius 2 is 1.68 bits per heavy atom. The molecule has 0 aromatic rings. The third-order valence-corrected chi connectivity index (χ3v) is 2.02. The molecule has 0 heterocycles. The van der Waals surface area contributed by atoms with Gasteiger partial charge in [-0.15, -0.1) is 0 Å². The predicted molar refractivity (Wildman–Crippen MR) is 85.1 cm³/mol. The van der Waals surface area contributed by atoms with Crippen LogP contribution in [0.15, 0.2) is 0 Å². The standard InChI is InChI=1S/C8H18N2OS.C3H8.C2H5NO/c1-6(2)7(3)9-8(11)5-10(4)12;1-3-2;1-3-2-4/h6-7,12H,5H2,1-4H3,(H,9,11);3H2,1-2H3;2H,1H3,(H,3,4). The van der Waals surface area contributed by atoms with Crippen LogP contribution < -0.4 is 10.6 Å². The van der Waals surface area contributed by atoms with Crippen LogP contribution in [0.3, 0.4) is 0 Å². The van der Waals surface area contributed by atoms with E-state index < -0.39 is 0 Å². The van der Waals surface area contributed by atoms with Crippen molar-refractivity contribution in [2.24, 2.45) is 5.92 Å². The van der Waals surface area contributed by atoms with Crippen molar-refractivity contribution in [3.63, 3.8) is 0 Å². The topological polar surface area (TPSA) is 61.4 Å². The second kappa shape index (κ2) is 17.2. The van der Waals surface area contributed by atoms with Crippen LogP contribution in [0.1, 0.15) is 41.0 Å². The molecular formula is C13H31N3O2S. The SMILES string of the molecule is CC(C)C(C)NC(=O)CN(C)S.CCC.CNC=O. The zero-order valence-electron chi connectivity index (χ0n) is 13.4. The second-order valence-corrected chi connectivity index (χ2v) is 5.21. The van der Waals surface area contributed by atoms with Gasteiger partial charge in [0, 0.05) is 13.1 Å². The summed E-state index contributed by atoms with van der Waals surface area (Å²) in [6.45, 7) is 10.7. The first-order valence-electron chi connectivity index (χ1n) is 6.56. The molecule has 1 unspecified atom stereocenters. The number of thiol groups is 1. The Hall–Kier alpha value is -0.750. The molecule has 0 aliphatic heterocycles. The van der Waals surface area contributed by atoms with Crippen molar-refractivity contribution in [2.75, 3.05) is 20.6 Å². The molecule has 0 saturated carbocycles. The molecule has 6 heteroatoms. The molecule has 0 spiro atoms. The van der Waals surface area contributed by atoms with E-state index >= 15 is 0 Å². The molecule has 5 nitrogen and oxygen atoms in total. The van der Waals surface area contributed by atoms with Crippen molar-refractivity contribution >= 4 is 25.1 Å². The molecule has 0 aromatic carbocycles. The molecule has 1 atom stereocenters. The number of nitrogens with one attached hydrogen (secondary N) is 2. The van der Waals surface area contributed by atoms with E-state index in [0.29, 0.717) is 18.9 Å². The van der Waals surface area contributed by atoms with Crippen LogP contribution >= 0.6 is 12.8 Å². The molecule has 19 heavy (non-hydrogen) atoms. The minimum Gasteiger partial charge on any atom is -0.362 e. The molecule has 0 radical (unpaired) electrons. The number of carbonyl (C=O) groups excluding carboxylic acids is 2. The van der Waals surface area contributed by atoms with E-state index in [1.807, 2.05) is 6.92 Å². The quantitative estimate of drug-likeness (QED) is 0.534. The van der Waals surface area contributed by atoms with E-state index in [-0.39, 0.29) is 11.9 Å². The third-order valence-electron chi connectivity index (χ3n) is 1.88. The maximum atomic E-state index is 11.2. The first-order valence-corrected chi connectivity index (χ1v) is 6.96. The van der Waals surface area contributed by atoms with Crippen molar-refractivity contribution in [3.05, 3.63) is 0 Å². The van der Waals surface area contributed by atoms with Crippen molar-refractivity contribution in [2.45, 2.75) is 47.1 Å². The van der Waals surface area contributed by atoms with Crippen LogP contribution in [0.2, 0.25) is 0 Å². The minimum absolute atomic E-state index is 0.0219. The van der Waals surface area contributed by atoms with Gasteiger partial charge in [0.2, 0.25) is 12.3 Å². The lowest BCUT2D eigenvalue weighted by Crippen LogP contribution is -2.40. The highest BCUT2D eigenvalue weighted by Gasteiger charge is 2.10. The van der Waals surface area contributed by atoms with Crippen LogP contribution in [0.25, 0.3) is 0 Å². The van der Waals surface area contributed by atoms with Gasteiger partial charge in [-0.05, 0) is 19.9 Å². The van der Waals surface area contributed by atoms with Gasteiger partial charge < -0.3 is 10.6 Å². The lowest BCUT2D eigenvalue weighted by Gasteiger charge is -2.18. The van der Waals surface area contributed by atoms with E-state index in [0.717, 1.165) is 0 Å². The summed E-state index contributed by atoms with van der Waals surface area (Å²) in [4.78, 5) is 20.2. The average Bonchev–Trinajstić information content (AvgIpc) is 2.29. The summed E-state index contributed by atoms with van der Waals surface area (Å²) in [6, 6.07) is 0.228. The maximum Gasteiger partial charge on any atom is 0.235 e. The van der Waals surface area contributed by atoms with Gasteiger partial charge >= 0.3 is 0 Å². The first kappa shape index (κ1) is 23.4. The highest BCUT2D eigenvalue weighted by atomic mass is 32.1. The third kappa shape index (κ3) is 26.7. The number of rotatable bonds is 5. The average molecular weight is 293 g/mol. The Balaban J connectivity index is -0.000000303. The van der Waals surface area contributed by atoms with Gasteiger partial charge in [-0.2, -0.15) is 0 Å². The molecule has 2 N–H and O–H groups in total. The van der Waals surface area contributed by atoms with E-state index in [9.17, 15) is 4.79 Å². The van der Waals surface area contributed by atoms with Crippen LogP contribution in [0.4, 0.5) is 0 Å². The van der Waals surface area contributed by atoms with Crippen molar-refractivity contribution in [1.82, 2.24) is 14.9 Å². The predicted octanol–water partition coefficient (Wildman–Crippen LogP) is 1.70. The summed E-state index contributed by atoms with van der Waals surface area (Å²) >= 11 is 3.98. The molecule has 0 bridgehead atoms. The van der Waals surface area contributed by atoms with E-state index in [2.05, 4.69) is 51.1 Å². The van der Waals surface area contributed by atoms with Gasteiger partial charge in [-0.25, -0.2) is 4.31 Å². The fourth-order valence-corrected chi connectivity index (χ4v) is 0.803. The monoisotopic (exact) mass is 293 g/mol. The molecule has 0 aliphatic rings. The second-order valence-electron chi connectivity index (χ2n) is 4.53. The Bertz CT molecular complexity index is 212. The molecule has 116 valence electrons. The van der Waals surface area contributed by atoms with Gasteiger partial charge in [-0.1, -0.05) is 46.9 Å². The summed E-state index contributed by atoms with van der Waals surface area (Å²) < 4.78 is 1.56. The number of nitrogens with zero attached hydrogens (tertiary/aromatic N) is 1. The highest BCUT2D eigenvalue weighted by Crippen LogP contribution is 1.99. The Morgan fingerprint density at radius 3 is 1.89 bits per heavy atom. The smallest absolute Gasteiger partial charge is 0.235 e. The van der Waals surface area contributed by atoms with Crippen molar-refractivity contribution in [1.29, 1.82) is 0 Å². The Kier molecular flexibility index (Phi) is 21.2. The minimum atomic E-state index is 0.0219. The molecule has 0 rings (SSSR count). The largest absolute Gasteiger partial charge is 0.362 e. The molecule has 0 fully saturated rings.